The van der Waals surface area contributed by atoms with Crippen molar-refractivity contribution < 1.29 is 17.9 Å². The highest BCUT2D eigenvalue weighted by Crippen LogP contribution is 2.27. The van der Waals surface area contributed by atoms with E-state index >= 15 is 0 Å². The first-order valence-corrected chi connectivity index (χ1v) is 16.7. The van der Waals surface area contributed by atoms with Crippen LogP contribution in [0.5, 0.6) is 0 Å². The second-order valence-corrected chi connectivity index (χ2v) is 13.8. The van der Waals surface area contributed by atoms with Crippen molar-refractivity contribution in [2.24, 2.45) is 0 Å². The number of carbonyl (C=O) groups is 1. The van der Waals surface area contributed by atoms with Crippen LogP contribution < -0.4 is 0 Å². The molecule has 222 valence electrons. The van der Waals surface area contributed by atoms with E-state index in [0.29, 0.717) is 13.1 Å². The molecule has 0 N–H and O–H groups in total. The van der Waals surface area contributed by atoms with Crippen molar-refractivity contribution in [3.8, 4) is 0 Å². The second-order valence-electron chi connectivity index (χ2n) is 10.9. The quantitative estimate of drug-likeness (QED) is 0.176. The van der Waals surface area contributed by atoms with Crippen LogP contribution in [-0.2, 0) is 32.6 Å². The van der Waals surface area contributed by atoms with Crippen molar-refractivity contribution in [2.45, 2.75) is 56.1 Å². The molecule has 1 aromatic heterocycles. The van der Waals surface area contributed by atoms with Crippen molar-refractivity contribution in [3.63, 3.8) is 0 Å². The molecule has 4 aromatic rings. The molecule has 1 heterocycles. The smallest absolute Gasteiger partial charge is 0.243 e. The highest BCUT2D eigenvalue weighted by molar-refractivity contribution is 9.10. The van der Waals surface area contributed by atoms with Crippen LogP contribution >= 0.6 is 15.9 Å². The van der Waals surface area contributed by atoms with Crippen molar-refractivity contribution in [1.29, 1.82) is 0 Å². The molecule has 0 unspecified atom stereocenters. The van der Waals surface area contributed by atoms with Crippen LogP contribution in [-0.4, -0.2) is 60.9 Å². The fourth-order valence-electron chi connectivity index (χ4n) is 5.72. The van der Waals surface area contributed by atoms with Crippen LogP contribution in [0.1, 0.15) is 43.4 Å². The first kappa shape index (κ1) is 30.5. The van der Waals surface area contributed by atoms with Gasteiger partial charge in [0.2, 0.25) is 15.9 Å². The Bertz CT molecular complexity index is 1600. The van der Waals surface area contributed by atoms with Gasteiger partial charge in [0, 0.05) is 42.6 Å². The lowest BCUT2D eigenvalue weighted by molar-refractivity contribution is -0.135. The minimum Gasteiger partial charge on any atom is -0.383 e. The largest absolute Gasteiger partial charge is 0.383 e. The predicted octanol–water partition coefficient (Wildman–Crippen LogP) is 6.45. The Morgan fingerprint density at radius 2 is 1.69 bits per heavy atom. The summed E-state index contributed by atoms with van der Waals surface area (Å²) in [5.74, 6) is -0.182. The number of ether oxygens (including phenoxy) is 1. The summed E-state index contributed by atoms with van der Waals surface area (Å²) in [6.45, 7) is 1.18. The van der Waals surface area contributed by atoms with E-state index in [9.17, 15) is 13.2 Å². The fourth-order valence-corrected chi connectivity index (χ4v) is 7.39. The van der Waals surface area contributed by atoms with Gasteiger partial charge in [-0.3, -0.25) is 4.79 Å². The van der Waals surface area contributed by atoms with Crippen molar-refractivity contribution >= 4 is 42.6 Å². The van der Waals surface area contributed by atoms with Gasteiger partial charge in [0.05, 0.1) is 24.6 Å². The van der Waals surface area contributed by atoms with E-state index in [1.807, 2.05) is 59.6 Å². The number of carbonyl (C=O) groups excluding carboxylic acids is 1. The van der Waals surface area contributed by atoms with Crippen LogP contribution in [0.3, 0.4) is 0 Å². The Morgan fingerprint density at radius 1 is 0.952 bits per heavy atom. The molecule has 9 heteroatoms. The normalized spacial score (nSPS) is 14.5. The third kappa shape index (κ3) is 7.32. The number of sulfonamides is 1. The standard InChI is InChI=1S/C33H38BrN3O4S/c1-41-21-20-36(42(39,40)32-18-15-27-8-5-6-9-28(27)22-32)25-33(38)37(30-10-3-2-4-11-30)24-31-12-7-19-35(31)23-26-13-16-29(34)17-14-26/h5-9,12-19,22,30H,2-4,10-11,20-21,23-25H2,1H3. The third-order valence-corrected chi connectivity index (χ3v) is 10.4. The molecule has 1 fully saturated rings. The van der Waals surface area contributed by atoms with E-state index in [1.54, 1.807) is 12.1 Å². The molecule has 3 aromatic carbocycles. The lowest BCUT2D eigenvalue weighted by Crippen LogP contribution is -2.48. The molecule has 1 aliphatic carbocycles. The Labute approximate surface area is 257 Å². The van der Waals surface area contributed by atoms with Crippen molar-refractivity contribution in [3.05, 3.63) is 101 Å². The summed E-state index contributed by atoms with van der Waals surface area (Å²) in [4.78, 5) is 16.2. The van der Waals surface area contributed by atoms with Crippen LogP contribution in [0.25, 0.3) is 10.8 Å². The van der Waals surface area contributed by atoms with Gasteiger partial charge in [-0.2, -0.15) is 4.31 Å². The molecule has 0 atom stereocenters. The summed E-state index contributed by atoms with van der Waals surface area (Å²) in [5.41, 5.74) is 2.19. The molecule has 1 saturated carbocycles. The summed E-state index contributed by atoms with van der Waals surface area (Å²) in [6, 6.07) is 25.1. The van der Waals surface area contributed by atoms with Gasteiger partial charge in [0.25, 0.3) is 0 Å². The van der Waals surface area contributed by atoms with Gasteiger partial charge in [-0.1, -0.05) is 77.7 Å². The number of rotatable bonds is 12. The van der Waals surface area contributed by atoms with Gasteiger partial charge in [-0.05, 0) is 65.6 Å². The van der Waals surface area contributed by atoms with Crippen LogP contribution in [0.4, 0.5) is 0 Å². The van der Waals surface area contributed by atoms with Gasteiger partial charge in [0.15, 0.2) is 0 Å². The average Bonchev–Trinajstić information content (AvgIpc) is 3.45. The van der Waals surface area contributed by atoms with E-state index in [1.165, 1.54) is 17.0 Å². The summed E-state index contributed by atoms with van der Waals surface area (Å²) in [5, 5.41) is 1.80. The van der Waals surface area contributed by atoms with Crippen LogP contribution in [0, 0.1) is 0 Å². The molecular formula is C33H38BrN3O4S. The molecule has 0 saturated heterocycles. The number of fused-ring (bicyclic) bond motifs is 1. The van der Waals surface area contributed by atoms with Crippen LogP contribution in [0.2, 0.25) is 0 Å². The lowest BCUT2D eigenvalue weighted by Gasteiger charge is -2.36. The zero-order valence-corrected chi connectivity index (χ0v) is 26.4. The SMILES string of the molecule is COCCN(CC(=O)N(Cc1cccn1Cc1ccc(Br)cc1)C1CCCCC1)S(=O)(=O)c1ccc2ccccc2c1. The number of halogens is 1. The van der Waals surface area contributed by atoms with E-state index in [4.69, 9.17) is 4.74 Å². The topological polar surface area (TPSA) is 71.8 Å². The number of hydrogen-bond donors (Lipinski definition) is 0. The van der Waals surface area contributed by atoms with E-state index in [-0.39, 0.29) is 36.5 Å². The minimum absolute atomic E-state index is 0.0786. The van der Waals surface area contributed by atoms with Crippen molar-refractivity contribution in [1.82, 2.24) is 13.8 Å². The summed E-state index contributed by atoms with van der Waals surface area (Å²) in [6.07, 6.45) is 7.18. The molecule has 0 aliphatic heterocycles. The van der Waals surface area contributed by atoms with Crippen molar-refractivity contribution in [2.75, 3.05) is 26.8 Å². The maximum atomic E-state index is 14.1. The number of methoxy groups -OCH3 is 1. The minimum atomic E-state index is -3.94. The molecular weight excluding hydrogens is 614 g/mol. The predicted molar refractivity (Wildman–Crippen MR) is 170 cm³/mol. The monoisotopic (exact) mass is 651 g/mol. The number of amides is 1. The van der Waals surface area contributed by atoms with Gasteiger partial charge in [0.1, 0.15) is 0 Å². The van der Waals surface area contributed by atoms with E-state index in [2.05, 4.69) is 38.7 Å². The maximum absolute atomic E-state index is 14.1. The average molecular weight is 653 g/mol. The maximum Gasteiger partial charge on any atom is 0.243 e. The lowest BCUT2D eigenvalue weighted by atomic mass is 9.94. The second kappa shape index (κ2) is 14.0. The molecule has 0 spiro atoms. The van der Waals surface area contributed by atoms with Gasteiger partial charge in [-0.15, -0.1) is 0 Å². The first-order chi connectivity index (χ1) is 20.3. The molecule has 0 bridgehead atoms. The Hall–Kier alpha value is -2.98. The Kier molecular flexibility index (Phi) is 10.2. The molecule has 42 heavy (non-hydrogen) atoms. The Balaban J connectivity index is 1.40. The fraction of sp³-hybridized carbons (Fsp3) is 0.364. The molecule has 1 aliphatic rings. The summed E-state index contributed by atoms with van der Waals surface area (Å²) in [7, 11) is -2.40. The van der Waals surface area contributed by atoms with Crippen LogP contribution in [0.15, 0.2) is 94.4 Å². The number of nitrogens with zero attached hydrogens (tertiary/aromatic N) is 3. The zero-order chi connectivity index (χ0) is 29.5. The molecule has 7 nitrogen and oxygen atoms in total. The highest BCUT2D eigenvalue weighted by Gasteiger charge is 2.32. The van der Waals surface area contributed by atoms with Gasteiger partial charge >= 0.3 is 0 Å². The van der Waals surface area contributed by atoms with E-state index in [0.717, 1.165) is 53.0 Å². The number of aromatic nitrogens is 1. The molecule has 1 amide bonds. The number of benzene rings is 3. The van der Waals surface area contributed by atoms with E-state index < -0.39 is 10.0 Å². The highest BCUT2D eigenvalue weighted by atomic mass is 79.9. The molecule has 0 radical (unpaired) electrons. The summed E-state index contributed by atoms with van der Waals surface area (Å²) >= 11 is 3.50. The van der Waals surface area contributed by atoms with Gasteiger partial charge < -0.3 is 14.2 Å². The molecule has 5 rings (SSSR count). The number of hydrogen-bond acceptors (Lipinski definition) is 4. The van der Waals surface area contributed by atoms with Gasteiger partial charge in [-0.25, -0.2) is 8.42 Å². The third-order valence-electron chi connectivity index (χ3n) is 8.07. The Morgan fingerprint density at radius 3 is 2.43 bits per heavy atom. The zero-order valence-electron chi connectivity index (χ0n) is 24.0. The first-order valence-electron chi connectivity index (χ1n) is 14.5. The summed E-state index contributed by atoms with van der Waals surface area (Å²) < 4.78 is 37.6.